The highest BCUT2D eigenvalue weighted by Gasteiger charge is 2.31. The molecule has 0 unspecified atom stereocenters. The summed E-state index contributed by atoms with van der Waals surface area (Å²) in [4.78, 5) is 18.9. The van der Waals surface area contributed by atoms with Gasteiger partial charge in [-0.3, -0.25) is 4.79 Å². The Morgan fingerprint density at radius 2 is 2.07 bits per heavy atom. The molecule has 0 aliphatic carbocycles. The smallest absolute Gasteiger partial charge is 0.284 e. The van der Waals surface area contributed by atoms with Crippen molar-refractivity contribution in [2.24, 2.45) is 20.2 Å². The fraction of sp³-hybridized carbons (Fsp3) is 0.375. The van der Waals surface area contributed by atoms with Gasteiger partial charge in [-0.1, -0.05) is 0 Å². The number of carbonyl (C=O) groups is 1. The maximum Gasteiger partial charge on any atom is 0.284 e. The Morgan fingerprint density at radius 3 is 2.71 bits per heavy atom. The van der Waals surface area contributed by atoms with E-state index < -0.39 is 11.5 Å². The van der Waals surface area contributed by atoms with Crippen molar-refractivity contribution in [3.8, 4) is 0 Å². The molecule has 14 heavy (non-hydrogen) atoms. The van der Waals surface area contributed by atoms with E-state index in [-0.39, 0.29) is 17.2 Å². The van der Waals surface area contributed by atoms with Gasteiger partial charge in [0.1, 0.15) is 11.2 Å². The number of fused-ring (bicyclic) bond motifs is 1. The van der Waals surface area contributed by atoms with Crippen LogP contribution in [0.25, 0.3) is 0 Å². The van der Waals surface area contributed by atoms with E-state index in [9.17, 15) is 9.90 Å². The number of azo groups is 1. The van der Waals surface area contributed by atoms with Gasteiger partial charge in [0.15, 0.2) is 11.7 Å². The van der Waals surface area contributed by atoms with Crippen LogP contribution in [0.2, 0.25) is 0 Å². The summed E-state index contributed by atoms with van der Waals surface area (Å²) in [5, 5.41) is 16.8. The Morgan fingerprint density at radius 1 is 1.36 bits per heavy atom. The van der Waals surface area contributed by atoms with Gasteiger partial charge in [-0.05, 0) is 13.8 Å². The fourth-order valence-corrected chi connectivity index (χ4v) is 1.04. The van der Waals surface area contributed by atoms with E-state index in [1.807, 2.05) is 0 Å². The van der Waals surface area contributed by atoms with Crippen molar-refractivity contribution in [2.45, 2.75) is 19.4 Å². The highest BCUT2D eigenvalue weighted by molar-refractivity contribution is 6.29. The molecule has 72 valence electrons. The zero-order valence-electron chi connectivity index (χ0n) is 7.72. The van der Waals surface area contributed by atoms with E-state index in [1.54, 1.807) is 0 Å². The molecular formula is C8H8N4O2. The third-order valence-corrected chi connectivity index (χ3v) is 1.78. The van der Waals surface area contributed by atoms with Crippen LogP contribution >= 0.6 is 0 Å². The lowest BCUT2D eigenvalue weighted by molar-refractivity contribution is -0.114. The van der Waals surface area contributed by atoms with Gasteiger partial charge in [0.05, 0.1) is 6.20 Å². The van der Waals surface area contributed by atoms with Crippen LogP contribution in [0.5, 0.6) is 0 Å². The third kappa shape index (κ3) is 1.29. The van der Waals surface area contributed by atoms with Crippen LogP contribution in [-0.2, 0) is 4.79 Å². The van der Waals surface area contributed by atoms with Crippen molar-refractivity contribution in [3.05, 3.63) is 11.8 Å². The van der Waals surface area contributed by atoms with Gasteiger partial charge < -0.3 is 5.11 Å². The van der Waals surface area contributed by atoms with Crippen LogP contribution in [0.4, 0.5) is 0 Å². The predicted octanol–water partition coefficient (Wildman–Crippen LogP) is 0.444. The third-order valence-electron chi connectivity index (χ3n) is 1.78. The number of aliphatic imine (C=N–C) groups is 2. The molecule has 6 nitrogen and oxygen atoms in total. The number of amidine groups is 2. The van der Waals surface area contributed by atoms with Crippen LogP contribution < -0.4 is 0 Å². The molecular weight excluding hydrogens is 184 g/mol. The Hall–Kier alpha value is -1.69. The molecule has 0 saturated carbocycles. The summed E-state index contributed by atoms with van der Waals surface area (Å²) in [6.07, 6.45) is 1.31. The first-order valence-electron chi connectivity index (χ1n) is 4.04. The first-order valence-corrected chi connectivity index (χ1v) is 4.04. The molecule has 1 N–H and O–H groups in total. The summed E-state index contributed by atoms with van der Waals surface area (Å²) in [7, 11) is 0. The van der Waals surface area contributed by atoms with Crippen LogP contribution in [0.3, 0.4) is 0 Å². The minimum Gasteiger partial charge on any atom is -0.382 e. The van der Waals surface area contributed by atoms with Crippen LogP contribution in [0, 0.1) is 0 Å². The second-order valence-electron chi connectivity index (χ2n) is 3.49. The summed E-state index contributed by atoms with van der Waals surface area (Å²) in [5.41, 5.74) is -0.968. The number of amides is 1. The van der Waals surface area contributed by atoms with Gasteiger partial charge in [-0.15, -0.1) is 5.11 Å². The highest BCUT2D eigenvalue weighted by atomic mass is 16.3. The summed E-state index contributed by atoms with van der Waals surface area (Å²) in [5.74, 6) is -0.172. The lowest BCUT2D eigenvalue weighted by Gasteiger charge is -2.18. The van der Waals surface area contributed by atoms with Crippen LogP contribution in [0.1, 0.15) is 13.8 Å². The Balaban J connectivity index is 2.46. The number of hydrogen-bond acceptors (Lipinski definition) is 5. The summed E-state index contributed by atoms with van der Waals surface area (Å²) in [6, 6.07) is 0. The maximum absolute atomic E-state index is 11.4. The summed E-state index contributed by atoms with van der Waals surface area (Å²) >= 11 is 0. The Bertz CT molecular complexity index is 423. The minimum atomic E-state index is -1.24. The van der Waals surface area contributed by atoms with E-state index in [0.29, 0.717) is 0 Å². The number of nitrogens with zero attached hydrogens (tertiary/aromatic N) is 4. The molecule has 0 saturated heterocycles. The largest absolute Gasteiger partial charge is 0.382 e. The number of carbonyl (C=O) groups excluding carboxylic acids is 1. The van der Waals surface area contributed by atoms with Gasteiger partial charge in [-0.25, -0.2) is 4.99 Å². The standard InChI is InChI=1S/C8H8N4O2/c1-8(2,14)7-10-5-4(3-9-12-5)6(13)11-7/h3,14H,1-2H3. The minimum absolute atomic E-state index is 0.0653. The Labute approximate surface area is 79.8 Å². The Kier molecular flexibility index (Phi) is 1.68. The van der Waals surface area contributed by atoms with Crippen molar-refractivity contribution in [2.75, 3.05) is 0 Å². The molecule has 0 aromatic carbocycles. The van der Waals surface area contributed by atoms with Gasteiger partial charge >= 0.3 is 0 Å². The lowest BCUT2D eigenvalue weighted by Crippen LogP contribution is -2.34. The molecule has 0 aromatic heterocycles. The molecule has 0 aromatic rings. The van der Waals surface area contributed by atoms with Crippen molar-refractivity contribution < 1.29 is 9.90 Å². The zero-order valence-corrected chi connectivity index (χ0v) is 7.72. The predicted molar refractivity (Wildman–Crippen MR) is 49.1 cm³/mol. The molecule has 0 bridgehead atoms. The van der Waals surface area contributed by atoms with E-state index in [1.165, 1.54) is 20.0 Å². The van der Waals surface area contributed by atoms with Gasteiger partial charge in [0, 0.05) is 0 Å². The SMILES string of the molecule is CC(C)(O)C1=NC(=O)C2=CN=NC2=N1. The molecule has 0 spiro atoms. The molecule has 2 aliphatic rings. The zero-order chi connectivity index (χ0) is 10.3. The van der Waals surface area contributed by atoms with E-state index in [0.717, 1.165) is 0 Å². The van der Waals surface area contributed by atoms with Crippen molar-refractivity contribution in [3.63, 3.8) is 0 Å². The van der Waals surface area contributed by atoms with Gasteiger partial charge in [0.2, 0.25) is 0 Å². The quantitative estimate of drug-likeness (QED) is 0.653. The van der Waals surface area contributed by atoms with E-state index in [4.69, 9.17) is 0 Å². The molecule has 0 radical (unpaired) electrons. The maximum atomic E-state index is 11.4. The summed E-state index contributed by atoms with van der Waals surface area (Å²) in [6.45, 7) is 3.01. The normalized spacial score (nSPS) is 20.2. The number of hydrogen-bond donors (Lipinski definition) is 1. The van der Waals surface area contributed by atoms with Crippen LogP contribution in [0.15, 0.2) is 32.0 Å². The van der Waals surface area contributed by atoms with Crippen molar-refractivity contribution >= 4 is 17.6 Å². The molecule has 6 heteroatoms. The van der Waals surface area contributed by atoms with Gasteiger partial charge in [-0.2, -0.15) is 10.1 Å². The topological polar surface area (TPSA) is 86.7 Å². The first kappa shape index (κ1) is 8.89. The molecule has 0 fully saturated rings. The van der Waals surface area contributed by atoms with E-state index >= 15 is 0 Å². The molecule has 0 atom stereocenters. The first-order chi connectivity index (χ1) is 6.48. The van der Waals surface area contributed by atoms with Crippen molar-refractivity contribution in [1.29, 1.82) is 0 Å². The average Bonchev–Trinajstić information content (AvgIpc) is 2.50. The van der Waals surface area contributed by atoms with E-state index in [2.05, 4.69) is 20.2 Å². The van der Waals surface area contributed by atoms with Crippen LogP contribution in [-0.4, -0.2) is 28.3 Å². The fourth-order valence-electron chi connectivity index (χ4n) is 1.04. The monoisotopic (exact) mass is 192 g/mol. The summed E-state index contributed by atoms with van der Waals surface area (Å²) < 4.78 is 0. The molecule has 1 amide bonds. The lowest BCUT2D eigenvalue weighted by atomic mass is 10.1. The highest BCUT2D eigenvalue weighted by Crippen LogP contribution is 2.19. The van der Waals surface area contributed by atoms with Gasteiger partial charge in [0.25, 0.3) is 5.91 Å². The number of rotatable bonds is 1. The second-order valence-corrected chi connectivity index (χ2v) is 3.49. The molecule has 2 heterocycles. The number of aliphatic hydroxyl groups is 1. The molecule has 2 aliphatic heterocycles. The molecule has 2 rings (SSSR count). The van der Waals surface area contributed by atoms with Crippen molar-refractivity contribution in [1.82, 2.24) is 0 Å². The average molecular weight is 192 g/mol. The second kappa shape index (κ2) is 2.65.